The summed E-state index contributed by atoms with van der Waals surface area (Å²) in [6, 6.07) is 11.5. The number of hydrogen-bond donors (Lipinski definition) is 1. The molecule has 136 valence electrons. The summed E-state index contributed by atoms with van der Waals surface area (Å²) >= 11 is 0. The molecule has 25 heavy (non-hydrogen) atoms. The van der Waals surface area contributed by atoms with Crippen LogP contribution in [0.15, 0.2) is 30.3 Å². The number of piperidine rings is 1. The Bertz CT molecular complexity index is 649. The molecule has 0 spiro atoms. The van der Waals surface area contributed by atoms with Crippen LogP contribution in [0.2, 0.25) is 0 Å². The van der Waals surface area contributed by atoms with Crippen LogP contribution in [0.5, 0.6) is 0 Å². The van der Waals surface area contributed by atoms with Gasteiger partial charge in [0.2, 0.25) is 0 Å². The fourth-order valence-corrected chi connectivity index (χ4v) is 3.76. The highest BCUT2D eigenvalue weighted by atomic mass is 15.2. The van der Waals surface area contributed by atoms with Crippen LogP contribution in [0, 0.1) is 6.92 Å². The average molecular weight is 341 g/mol. The number of hydrogen-bond acceptors (Lipinski definition) is 3. The van der Waals surface area contributed by atoms with E-state index in [0.29, 0.717) is 6.04 Å². The van der Waals surface area contributed by atoms with Crippen molar-refractivity contribution in [2.24, 2.45) is 0 Å². The Hall–Kier alpha value is -1.65. The van der Waals surface area contributed by atoms with Gasteiger partial charge in [-0.25, -0.2) is 4.98 Å². The molecule has 1 aliphatic rings. The van der Waals surface area contributed by atoms with E-state index in [9.17, 15) is 0 Å². The number of rotatable bonds is 7. The number of H-pyrrole nitrogens is 1. The molecular formula is C21H32N4. The lowest BCUT2D eigenvalue weighted by Crippen LogP contribution is -2.46. The number of likely N-dealkylation sites (tertiary alicyclic amines) is 1. The lowest BCUT2D eigenvalue weighted by Gasteiger charge is -2.37. The number of aromatic amines is 1. The van der Waals surface area contributed by atoms with Crippen LogP contribution in [-0.4, -0.2) is 52.5 Å². The molecular weight excluding hydrogens is 308 g/mol. The van der Waals surface area contributed by atoms with Gasteiger partial charge in [-0.3, -0.25) is 4.90 Å². The van der Waals surface area contributed by atoms with Crippen LogP contribution < -0.4 is 0 Å². The Kier molecular flexibility index (Phi) is 6.27. The fourth-order valence-electron chi connectivity index (χ4n) is 3.76. The van der Waals surface area contributed by atoms with E-state index >= 15 is 0 Å². The lowest BCUT2D eigenvalue weighted by atomic mass is 10.0. The third-order valence-corrected chi connectivity index (χ3v) is 5.44. The second-order valence-corrected chi connectivity index (χ2v) is 7.36. The second-order valence-electron chi connectivity index (χ2n) is 7.36. The summed E-state index contributed by atoms with van der Waals surface area (Å²) in [5.41, 5.74) is 3.89. The average Bonchev–Trinajstić information content (AvgIpc) is 3.00. The lowest BCUT2D eigenvalue weighted by molar-refractivity contribution is 0.111. The molecule has 4 heteroatoms. The number of imidazole rings is 1. The van der Waals surface area contributed by atoms with Crippen molar-refractivity contribution in [3.8, 4) is 0 Å². The molecule has 3 rings (SSSR count). The molecule has 0 radical (unpaired) electrons. The predicted molar refractivity (Wildman–Crippen MR) is 104 cm³/mol. The topological polar surface area (TPSA) is 35.2 Å². The number of likely N-dealkylation sites (N-methyl/N-ethyl adjacent to an activating group) is 1. The first-order chi connectivity index (χ1) is 12.2. The van der Waals surface area contributed by atoms with Gasteiger partial charge in [0.15, 0.2) is 0 Å². The van der Waals surface area contributed by atoms with E-state index in [4.69, 9.17) is 4.98 Å². The van der Waals surface area contributed by atoms with Gasteiger partial charge in [0.25, 0.3) is 0 Å². The fraction of sp³-hybridized carbons (Fsp3) is 0.571. The van der Waals surface area contributed by atoms with Crippen molar-refractivity contribution < 1.29 is 0 Å². The molecule has 2 heterocycles. The minimum absolute atomic E-state index is 0.655. The van der Waals surface area contributed by atoms with E-state index in [1.54, 1.807) is 0 Å². The van der Waals surface area contributed by atoms with E-state index in [0.717, 1.165) is 38.3 Å². The van der Waals surface area contributed by atoms with E-state index in [1.807, 2.05) is 0 Å². The Balaban J connectivity index is 1.52. The van der Waals surface area contributed by atoms with Crippen LogP contribution in [0.4, 0.5) is 0 Å². The van der Waals surface area contributed by atoms with Crippen LogP contribution in [-0.2, 0) is 19.4 Å². The highest BCUT2D eigenvalue weighted by molar-refractivity contribution is 5.15. The van der Waals surface area contributed by atoms with Crippen molar-refractivity contribution >= 4 is 0 Å². The molecule has 4 nitrogen and oxygen atoms in total. The molecule has 0 saturated carbocycles. The highest BCUT2D eigenvalue weighted by Crippen LogP contribution is 2.18. The molecule has 1 saturated heterocycles. The quantitative estimate of drug-likeness (QED) is 0.839. The molecule has 1 aromatic heterocycles. The van der Waals surface area contributed by atoms with Crippen molar-refractivity contribution in [1.29, 1.82) is 0 Å². The molecule has 1 aliphatic heterocycles. The highest BCUT2D eigenvalue weighted by Gasteiger charge is 2.24. The summed E-state index contributed by atoms with van der Waals surface area (Å²) in [7, 11) is 2.28. The van der Waals surface area contributed by atoms with Crippen molar-refractivity contribution in [2.45, 2.75) is 52.1 Å². The Morgan fingerprint density at radius 3 is 2.80 bits per heavy atom. The molecule has 1 N–H and O–H groups in total. The van der Waals surface area contributed by atoms with Gasteiger partial charge in [-0.2, -0.15) is 0 Å². The van der Waals surface area contributed by atoms with Gasteiger partial charge in [0.05, 0.1) is 5.69 Å². The van der Waals surface area contributed by atoms with Gasteiger partial charge in [0.1, 0.15) is 5.82 Å². The van der Waals surface area contributed by atoms with Crippen molar-refractivity contribution in [2.75, 3.05) is 26.7 Å². The number of nitrogens with zero attached hydrogens (tertiary/aromatic N) is 3. The molecule has 0 aliphatic carbocycles. The number of aromatic nitrogens is 2. The molecule has 1 atom stereocenters. The molecule has 1 aromatic carbocycles. The second kappa shape index (κ2) is 8.63. The third-order valence-electron chi connectivity index (χ3n) is 5.44. The van der Waals surface area contributed by atoms with Crippen LogP contribution in [0.3, 0.4) is 0 Å². The summed E-state index contributed by atoms with van der Waals surface area (Å²) in [5.74, 6) is 1.11. The van der Waals surface area contributed by atoms with Gasteiger partial charge in [-0.1, -0.05) is 37.3 Å². The summed E-state index contributed by atoms with van der Waals surface area (Å²) in [4.78, 5) is 13.3. The molecule has 0 amide bonds. The van der Waals surface area contributed by atoms with Gasteiger partial charge < -0.3 is 9.88 Å². The van der Waals surface area contributed by atoms with Gasteiger partial charge >= 0.3 is 0 Å². The summed E-state index contributed by atoms with van der Waals surface area (Å²) in [5, 5.41) is 0. The van der Waals surface area contributed by atoms with Crippen molar-refractivity contribution in [3.05, 3.63) is 53.1 Å². The minimum Gasteiger partial charge on any atom is -0.346 e. The van der Waals surface area contributed by atoms with Gasteiger partial charge in [-0.15, -0.1) is 0 Å². The number of benzene rings is 1. The molecule has 2 aromatic rings. The maximum absolute atomic E-state index is 4.76. The zero-order valence-electron chi connectivity index (χ0n) is 16.0. The first-order valence-electron chi connectivity index (χ1n) is 9.66. The first-order valence-corrected chi connectivity index (χ1v) is 9.66. The van der Waals surface area contributed by atoms with Crippen LogP contribution >= 0.6 is 0 Å². The number of nitrogens with one attached hydrogen (secondary N) is 1. The van der Waals surface area contributed by atoms with E-state index in [1.165, 1.54) is 36.3 Å². The zero-order valence-corrected chi connectivity index (χ0v) is 16.0. The number of aryl methyl sites for hydroxylation is 2. The summed E-state index contributed by atoms with van der Waals surface area (Å²) in [6.45, 7) is 8.75. The van der Waals surface area contributed by atoms with Crippen molar-refractivity contribution in [3.63, 3.8) is 0 Å². The Labute approximate surface area is 152 Å². The van der Waals surface area contributed by atoms with E-state index in [-0.39, 0.29) is 0 Å². The minimum atomic E-state index is 0.655. The van der Waals surface area contributed by atoms with E-state index < -0.39 is 0 Å². The predicted octanol–water partition coefficient (Wildman–Crippen LogP) is 3.42. The third kappa shape index (κ3) is 4.93. The monoisotopic (exact) mass is 340 g/mol. The summed E-state index contributed by atoms with van der Waals surface area (Å²) < 4.78 is 0. The summed E-state index contributed by atoms with van der Waals surface area (Å²) in [6.07, 6.45) is 4.70. The zero-order chi connectivity index (χ0) is 17.6. The Morgan fingerprint density at radius 1 is 1.28 bits per heavy atom. The van der Waals surface area contributed by atoms with Crippen molar-refractivity contribution in [1.82, 2.24) is 19.8 Å². The molecule has 0 bridgehead atoms. The van der Waals surface area contributed by atoms with Gasteiger partial charge in [-0.05, 0) is 45.3 Å². The molecule has 1 unspecified atom stereocenters. The maximum atomic E-state index is 4.76. The van der Waals surface area contributed by atoms with E-state index in [2.05, 4.69) is 66.0 Å². The van der Waals surface area contributed by atoms with Gasteiger partial charge in [0, 0.05) is 37.8 Å². The Morgan fingerprint density at radius 2 is 2.08 bits per heavy atom. The van der Waals surface area contributed by atoms with Crippen LogP contribution in [0.25, 0.3) is 0 Å². The van der Waals surface area contributed by atoms with Crippen LogP contribution in [0.1, 0.15) is 42.5 Å². The smallest absolute Gasteiger partial charge is 0.106 e. The normalized spacial score (nSPS) is 18.8. The molecule has 1 fully saturated rings. The SMILES string of the molecule is CCc1nc(CN2CCCC(N(C)CCc3ccccc3)C2)c(C)[nH]1. The maximum Gasteiger partial charge on any atom is 0.106 e. The standard InChI is InChI=1S/C21H32N4/c1-4-21-22-17(2)20(23-21)16-25-13-8-11-19(15-25)24(3)14-12-18-9-6-5-7-10-18/h5-7,9-10,19H,4,8,11-16H2,1-3H3,(H,22,23). The first kappa shape index (κ1) is 18.2. The largest absolute Gasteiger partial charge is 0.346 e.